The molecule has 0 amide bonds. The van der Waals surface area contributed by atoms with Gasteiger partial charge in [0, 0.05) is 18.8 Å². The second-order valence-electron chi connectivity index (χ2n) is 3.50. The van der Waals surface area contributed by atoms with E-state index in [1.165, 1.54) is 14.0 Å². The average Bonchev–Trinajstić information content (AvgIpc) is 2.12. The van der Waals surface area contributed by atoms with E-state index in [0.29, 0.717) is 6.54 Å². The van der Waals surface area contributed by atoms with E-state index < -0.39 is 11.6 Å². The van der Waals surface area contributed by atoms with Gasteiger partial charge in [0.2, 0.25) is 0 Å². The molecule has 0 spiro atoms. The first-order valence-corrected chi connectivity index (χ1v) is 5.81. The highest BCUT2D eigenvalue weighted by Crippen LogP contribution is 2.08. The molecule has 0 aromatic rings. The van der Waals surface area contributed by atoms with E-state index in [9.17, 15) is 9.90 Å². The molecular formula is C9H19NO3S. The van der Waals surface area contributed by atoms with E-state index >= 15 is 0 Å². The summed E-state index contributed by atoms with van der Waals surface area (Å²) in [7, 11) is 3.15. The molecule has 0 rings (SSSR count). The summed E-state index contributed by atoms with van der Waals surface area (Å²) in [4.78, 5) is 13.0. The molecular weight excluding hydrogens is 202 g/mol. The molecule has 5 heteroatoms. The Balaban J connectivity index is 4.01. The Morgan fingerprint density at radius 2 is 2.21 bits per heavy atom. The smallest absolute Gasteiger partial charge is 0.338 e. The van der Waals surface area contributed by atoms with Gasteiger partial charge in [-0.3, -0.25) is 0 Å². The number of nitrogens with zero attached hydrogens (tertiary/aromatic N) is 1. The van der Waals surface area contributed by atoms with Crippen molar-refractivity contribution in [1.82, 2.24) is 4.90 Å². The van der Waals surface area contributed by atoms with Crippen LogP contribution in [0.3, 0.4) is 0 Å². The van der Waals surface area contributed by atoms with Gasteiger partial charge in [-0.25, -0.2) is 4.79 Å². The molecule has 14 heavy (non-hydrogen) atoms. The van der Waals surface area contributed by atoms with Gasteiger partial charge in [0.15, 0.2) is 5.60 Å². The molecule has 0 heterocycles. The predicted molar refractivity (Wildman–Crippen MR) is 58.5 cm³/mol. The van der Waals surface area contributed by atoms with Crippen molar-refractivity contribution in [3.8, 4) is 0 Å². The van der Waals surface area contributed by atoms with Crippen LogP contribution in [-0.2, 0) is 9.53 Å². The molecule has 0 bridgehead atoms. The van der Waals surface area contributed by atoms with Crippen molar-refractivity contribution in [3.63, 3.8) is 0 Å². The molecule has 0 saturated carbocycles. The molecule has 0 fully saturated rings. The summed E-state index contributed by atoms with van der Waals surface area (Å²) in [5.74, 6) is 0.391. The lowest BCUT2D eigenvalue weighted by molar-refractivity contribution is -0.161. The van der Waals surface area contributed by atoms with Crippen molar-refractivity contribution in [2.45, 2.75) is 12.5 Å². The summed E-state index contributed by atoms with van der Waals surface area (Å²) < 4.78 is 4.50. The van der Waals surface area contributed by atoms with Gasteiger partial charge in [0.1, 0.15) is 0 Å². The number of esters is 1. The molecule has 1 unspecified atom stereocenters. The SMILES string of the molecule is COC(=O)C(C)(O)CN(C)CCSC. The Morgan fingerprint density at radius 1 is 1.64 bits per heavy atom. The predicted octanol–water partition coefficient (Wildman–Crippen LogP) is 0.205. The monoisotopic (exact) mass is 221 g/mol. The quantitative estimate of drug-likeness (QED) is 0.650. The molecule has 0 saturated heterocycles. The normalized spacial score (nSPS) is 15.3. The highest BCUT2D eigenvalue weighted by Gasteiger charge is 2.32. The first kappa shape index (κ1) is 13.7. The van der Waals surface area contributed by atoms with E-state index in [1.54, 1.807) is 11.8 Å². The average molecular weight is 221 g/mol. The Kier molecular flexibility index (Phi) is 6.15. The minimum atomic E-state index is -1.41. The zero-order valence-electron chi connectivity index (χ0n) is 9.24. The number of rotatable bonds is 6. The minimum Gasteiger partial charge on any atom is -0.467 e. The number of likely N-dealkylation sites (N-methyl/N-ethyl adjacent to an activating group) is 1. The number of ether oxygens (including phenoxy) is 1. The fraction of sp³-hybridized carbons (Fsp3) is 0.889. The standard InChI is InChI=1S/C9H19NO3S/c1-9(12,8(11)13-3)7-10(2)5-6-14-4/h12H,5-7H2,1-4H3. The highest BCUT2D eigenvalue weighted by atomic mass is 32.2. The van der Waals surface area contributed by atoms with E-state index in [2.05, 4.69) is 4.74 Å². The van der Waals surface area contributed by atoms with Crippen molar-refractivity contribution in [2.75, 3.05) is 39.3 Å². The van der Waals surface area contributed by atoms with Crippen LogP contribution in [0.2, 0.25) is 0 Å². The van der Waals surface area contributed by atoms with E-state index in [4.69, 9.17) is 0 Å². The van der Waals surface area contributed by atoms with Gasteiger partial charge in [-0.05, 0) is 20.2 Å². The number of aliphatic hydroxyl groups is 1. The van der Waals surface area contributed by atoms with Crippen LogP contribution < -0.4 is 0 Å². The van der Waals surface area contributed by atoms with Gasteiger partial charge in [0.25, 0.3) is 0 Å². The van der Waals surface area contributed by atoms with Crippen molar-refractivity contribution in [2.24, 2.45) is 0 Å². The molecule has 0 aromatic heterocycles. The van der Waals surface area contributed by atoms with Crippen molar-refractivity contribution < 1.29 is 14.6 Å². The van der Waals surface area contributed by atoms with Gasteiger partial charge in [-0.1, -0.05) is 0 Å². The van der Waals surface area contributed by atoms with Gasteiger partial charge in [-0.15, -0.1) is 0 Å². The molecule has 1 atom stereocenters. The molecule has 0 aliphatic rings. The maximum absolute atomic E-state index is 11.1. The largest absolute Gasteiger partial charge is 0.467 e. The molecule has 0 aliphatic heterocycles. The molecule has 0 aromatic carbocycles. The summed E-state index contributed by atoms with van der Waals surface area (Å²) in [6.07, 6.45) is 2.02. The third kappa shape index (κ3) is 4.83. The van der Waals surface area contributed by atoms with Gasteiger partial charge in [0.05, 0.1) is 7.11 Å². The van der Waals surface area contributed by atoms with E-state index in [-0.39, 0.29) is 0 Å². The number of hydrogen-bond acceptors (Lipinski definition) is 5. The summed E-state index contributed by atoms with van der Waals surface area (Å²) in [5, 5.41) is 9.73. The second-order valence-corrected chi connectivity index (χ2v) is 4.48. The third-order valence-corrected chi connectivity index (χ3v) is 2.47. The lowest BCUT2D eigenvalue weighted by Crippen LogP contribution is -2.46. The summed E-state index contributed by atoms with van der Waals surface area (Å²) in [5.41, 5.74) is -1.41. The Bertz CT molecular complexity index is 185. The Labute approximate surface area is 89.6 Å². The number of hydrogen-bond donors (Lipinski definition) is 1. The summed E-state index contributed by atoms with van der Waals surface area (Å²) in [6.45, 7) is 2.60. The van der Waals surface area contributed by atoms with Crippen LogP contribution in [0.25, 0.3) is 0 Å². The topological polar surface area (TPSA) is 49.8 Å². The zero-order chi connectivity index (χ0) is 11.2. The van der Waals surface area contributed by atoms with Crippen molar-refractivity contribution >= 4 is 17.7 Å². The van der Waals surface area contributed by atoms with Gasteiger partial charge >= 0.3 is 5.97 Å². The molecule has 0 aliphatic carbocycles. The zero-order valence-corrected chi connectivity index (χ0v) is 10.1. The van der Waals surface area contributed by atoms with Crippen LogP contribution in [0.1, 0.15) is 6.92 Å². The highest BCUT2D eigenvalue weighted by molar-refractivity contribution is 7.98. The number of thioether (sulfide) groups is 1. The van der Waals surface area contributed by atoms with Gasteiger partial charge in [-0.2, -0.15) is 11.8 Å². The van der Waals surface area contributed by atoms with E-state index in [0.717, 1.165) is 12.3 Å². The van der Waals surface area contributed by atoms with Crippen LogP contribution in [-0.4, -0.2) is 60.8 Å². The first-order valence-electron chi connectivity index (χ1n) is 4.42. The summed E-state index contributed by atoms with van der Waals surface area (Å²) >= 11 is 1.73. The van der Waals surface area contributed by atoms with Crippen molar-refractivity contribution in [3.05, 3.63) is 0 Å². The second kappa shape index (κ2) is 6.27. The maximum atomic E-state index is 11.1. The fourth-order valence-corrected chi connectivity index (χ4v) is 1.63. The maximum Gasteiger partial charge on any atom is 0.338 e. The lowest BCUT2D eigenvalue weighted by Gasteiger charge is -2.26. The van der Waals surface area contributed by atoms with Crippen LogP contribution in [0.15, 0.2) is 0 Å². The van der Waals surface area contributed by atoms with Gasteiger partial charge < -0.3 is 14.7 Å². The third-order valence-electron chi connectivity index (χ3n) is 1.88. The van der Waals surface area contributed by atoms with Crippen LogP contribution >= 0.6 is 11.8 Å². The molecule has 0 radical (unpaired) electrons. The molecule has 1 N–H and O–H groups in total. The Hall–Kier alpha value is -0.260. The van der Waals surface area contributed by atoms with Crippen LogP contribution in [0, 0.1) is 0 Å². The molecule has 84 valence electrons. The Morgan fingerprint density at radius 3 is 2.64 bits per heavy atom. The lowest BCUT2D eigenvalue weighted by atomic mass is 10.1. The fourth-order valence-electron chi connectivity index (χ4n) is 1.14. The minimum absolute atomic E-state index is 0.292. The van der Waals surface area contributed by atoms with Crippen LogP contribution in [0.5, 0.6) is 0 Å². The number of methoxy groups -OCH3 is 1. The first-order chi connectivity index (χ1) is 6.44. The number of carbonyl (C=O) groups excluding carboxylic acids is 1. The van der Waals surface area contributed by atoms with Crippen molar-refractivity contribution in [1.29, 1.82) is 0 Å². The summed E-state index contributed by atoms with van der Waals surface area (Å²) in [6, 6.07) is 0. The van der Waals surface area contributed by atoms with Crippen LogP contribution in [0.4, 0.5) is 0 Å². The number of carbonyl (C=O) groups is 1. The van der Waals surface area contributed by atoms with E-state index in [1.807, 2.05) is 18.2 Å². The molecule has 4 nitrogen and oxygen atoms in total.